The number of aliphatic hydroxyl groups excluding tert-OH is 2. The molecule has 1 atom stereocenters. The highest BCUT2D eigenvalue weighted by Crippen LogP contribution is 2.24. The fraction of sp³-hybridized carbons (Fsp3) is 0.571. The molecule has 0 saturated carbocycles. The van der Waals surface area contributed by atoms with Gasteiger partial charge in [-0.25, -0.2) is 0 Å². The van der Waals surface area contributed by atoms with E-state index < -0.39 is 0 Å². The van der Waals surface area contributed by atoms with Crippen LogP contribution in [0, 0.1) is 0 Å². The maximum atomic E-state index is 9.27. The largest absolute Gasteiger partial charge is 0.396 e. The highest BCUT2D eigenvalue weighted by atomic mass is 16.3. The summed E-state index contributed by atoms with van der Waals surface area (Å²) in [7, 11) is 0. The Labute approximate surface area is 103 Å². The van der Waals surface area contributed by atoms with Crippen LogP contribution in [0.25, 0.3) is 0 Å². The summed E-state index contributed by atoms with van der Waals surface area (Å²) in [5.74, 6) is 0.0626. The molecule has 3 nitrogen and oxygen atoms in total. The minimum atomic E-state index is 0.0626. The van der Waals surface area contributed by atoms with Crippen LogP contribution in [0.5, 0.6) is 0 Å². The first-order valence-corrected chi connectivity index (χ1v) is 6.42. The van der Waals surface area contributed by atoms with E-state index in [1.807, 2.05) is 0 Å². The lowest BCUT2D eigenvalue weighted by Crippen LogP contribution is -2.17. The van der Waals surface area contributed by atoms with Gasteiger partial charge in [0.1, 0.15) is 0 Å². The van der Waals surface area contributed by atoms with Crippen molar-refractivity contribution in [2.24, 2.45) is 0 Å². The molecule has 1 saturated heterocycles. The first kappa shape index (κ1) is 12.4. The smallest absolute Gasteiger partial charge is 0.0500 e. The fourth-order valence-corrected chi connectivity index (χ4v) is 2.45. The number of hydrogen-bond acceptors (Lipinski definition) is 3. The molecule has 0 aromatic heterocycles. The van der Waals surface area contributed by atoms with Crippen LogP contribution in [-0.4, -0.2) is 36.5 Å². The predicted molar refractivity (Wildman–Crippen MR) is 69.4 cm³/mol. The zero-order valence-electron chi connectivity index (χ0n) is 10.2. The predicted octanol–water partition coefficient (Wildman–Crippen LogP) is 1.75. The molecule has 1 heterocycles. The molecule has 3 heteroatoms. The Morgan fingerprint density at radius 2 is 1.71 bits per heavy atom. The van der Waals surface area contributed by atoms with Gasteiger partial charge in [0, 0.05) is 31.3 Å². The molecular formula is C14H21NO2. The molecule has 0 amide bonds. The van der Waals surface area contributed by atoms with E-state index in [2.05, 4.69) is 29.2 Å². The number of nitrogens with zero attached hydrogens (tertiary/aromatic N) is 1. The highest BCUT2D eigenvalue weighted by molar-refractivity contribution is 5.48. The molecule has 0 unspecified atom stereocenters. The van der Waals surface area contributed by atoms with Crippen LogP contribution in [0.15, 0.2) is 24.3 Å². The van der Waals surface area contributed by atoms with E-state index in [1.54, 1.807) is 0 Å². The summed E-state index contributed by atoms with van der Waals surface area (Å²) < 4.78 is 0. The van der Waals surface area contributed by atoms with Crippen LogP contribution in [0.2, 0.25) is 0 Å². The van der Waals surface area contributed by atoms with Crippen molar-refractivity contribution >= 4 is 5.69 Å². The summed E-state index contributed by atoms with van der Waals surface area (Å²) >= 11 is 0. The Hall–Kier alpha value is -1.06. The maximum Gasteiger partial charge on any atom is 0.0500 e. The van der Waals surface area contributed by atoms with Crippen LogP contribution in [-0.2, 0) is 0 Å². The van der Waals surface area contributed by atoms with Gasteiger partial charge in [-0.15, -0.1) is 0 Å². The summed E-state index contributed by atoms with van der Waals surface area (Å²) in [5.41, 5.74) is 2.39. The molecule has 0 spiro atoms. The van der Waals surface area contributed by atoms with Crippen LogP contribution < -0.4 is 4.90 Å². The topological polar surface area (TPSA) is 43.7 Å². The van der Waals surface area contributed by atoms with E-state index in [4.69, 9.17) is 5.11 Å². The van der Waals surface area contributed by atoms with Gasteiger partial charge in [0.2, 0.25) is 0 Å². The monoisotopic (exact) mass is 235 g/mol. The lowest BCUT2D eigenvalue weighted by atomic mass is 9.97. The number of hydrogen-bond donors (Lipinski definition) is 2. The second-order valence-corrected chi connectivity index (χ2v) is 4.68. The standard InChI is InChI=1S/C14H21NO2/c16-10-7-13(11-17)12-3-5-14(6-4-12)15-8-1-2-9-15/h3-6,13,16-17H,1-2,7-11H2/t13-/m0/s1. The summed E-state index contributed by atoms with van der Waals surface area (Å²) in [6.45, 7) is 2.53. The van der Waals surface area contributed by atoms with E-state index >= 15 is 0 Å². The van der Waals surface area contributed by atoms with Crippen LogP contribution >= 0.6 is 0 Å². The molecule has 0 bridgehead atoms. The molecule has 1 aliphatic heterocycles. The lowest BCUT2D eigenvalue weighted by molar-refractivity contribution is 0.220. The summed E-state index contributed by atoms with van der Waals surface area (Å²) in [6.07, 6.45) is 3.19. The van der Waals surface area contributed by atoms with Crippen molar-refractivity contribution in [2.45, 2.75) is 25.2 Å². The number of rotatable bonds is 5. The zero-order chi connectivity index (χ0) is 12.1. The van der Waals surface area contributed by atoms with E-state index in [0.29, 0.717) is 6.42 Å². The molecule has 1 aliphatic rings. The van der Waals surface area contributed by atoms with E-state index in [-0.39, 0.29) is 19.1 Å². The van der Waals surface area contributed by atoms with Gasteiger partial charge >= 0.3 is 0 Å². The first-order chi connectivity index (χ1) is 8.35. The van der Waals surface area contributed by atoms with Crippen molar-refractivity contribution in [3.63, 3.8) is 0 Å². The second-order valence-electron chi connectivity index (χ2n) is 4.68. The molecular weight excluding hydrogens is 214 g/mol. The van der Waals surface area contributed by atoms with Gasteiger partial charge in [-0.05, 0) is 37.0 Å². The molecule has 17 heavy (non-hydrogen) atoms. The summed E-state index contributed by atoms with van der Waals surface area (Å²) in [6, 6.07) is 8.40. The van der Waals surface area contributed by atoms with Gasteiger partial charge in [0.15, 0.2) is 0 Å². The minimum Gasteiger partial charge on any atom is -0.396 e. The number of anilines is 1. The van der Waals surface area contributed by atoms with Crippen molar-refractivity contribution in [2.75, 3.05) is 31.2 Å². The molecule has 2 rings (SSSR count). The van der Waals surface area contributed by atoms with Crippen molar-refractivity contribution < 1.29 is 10.2 Å². The average Bonchev–Trinajstić information content (AvgIpc) is 2.90. The van der Waals surface area contributed by atoms with Gasteiger partial charge in [0.05, 0.1) is 6.61 Å². The van der Waals surface area contributed by atoms with Crippen molar-refractivity contribution in [1.82, 2.24) is 0 Å². The van der Waals surface area contributed by atoms with Crippen molar-refractivity contribution in [3.8, 4) is 0 Å². The van der Waals surface area contributed by atoms with Gasteiger partial charge in [0.25, 0.3) is 0 Å². The van der Waals surface area contributed by atoms with Gasteiger partial charge in [-0.2, -0.15) is 0 Å². The van der Waals surface area contributed by atoms with Gasteiger partial charge < -0.3 is 15.1 Å². The SMILES string of the molecule is OCC[C@@H](CO)c1ccc(N2CCCC2)cc1. The lowest BCUT2D eigenvalue weighted by Gasteiger charge is -2.19. The molecule has 1 aromatic rings. The third-order valence-corrected chi connectivity index (χ3v) is 3.53. The number of benzene rings is 1. The summed E-state index contributed by atoms with van der Waals surface area (Å²) in [5, 5.41) is 18.2. The van der Waals surface area contributed by atoms with E-state index in [0.717, 1.165) is 18.7 Å². The van der Waals surface area contributed by atoms with Gasteiger partial charge in [-0.3, -0.25) is 0 Å². The normalized spacial score (nSPS) is 17.4. The third kappa shape index (κ3) is 2.99. The zero-order valence-corrected chi connectivity index (χ0v) is 10.2. The first-order valence-electron chi connectivity index (χ1n) is 6.42. The quantitative estimate of drug-likeness (QED) is 0.817. The minimum absolute atomic E-state index is 0.0626. The molecule has 0 aliphatic carbocycles. The molecule has 1 fully saturated rings. The molecule has 2 N–H and O–H groups in total. The Balaban J connectivity index is 2.05. The Kier molecular flexibility index (Phi) is 4.40. The van der Waals surface area contributed by atoms with Crippen LogP contribution in [0.4, 0.5) is 5.69 Å². The van der Waals surface area contributed by atoms with Crippen LogP contribution in [0.3, 0.4) is 0 Å². The third-order valence-electron chi connectivity index (χ3n) is 3.53. The van der Waals surface area contributed by atoms with Crippen LogP contribution in [0.1, 0.15) is 30.7 Å². The molecule has 0 radical (unpaired) electrons. The maximum absolute atomic E-state index is 9.27. The summed E-state index contributed by atoms with van der Waals surface area (Å²) in [4.78, 5) is 2.39. The Morgan fingerprint density at radius 1 is 1.06 bits per heavy atom. The number of aliphatic hydroxyl groups is 2. The molecule has 94 valence electrons. The molecule has 1 aromatic carbocycles. The second kappa shape index (κ2) is 6.03. The Morgan fingerprint density at radius 3 is 2.24 bits per heavy atom. The van der Waals surface area contributed by atoms with E-state index in [9.17, 15) is 5.11 Å². The van der Waals surface area contributed by atoms with Gasteiger partial charge in [-0.1, -0.05) is 12.1 Å². The Bertz CT molecular complexity index is 331. The fourth-order valence-electron chi connectivity index (χ4n) is 2.45. The van der Waals surface area contributed by atoms with E-state index in [1.165, 1.54) is 18.5 Å². The highest BCUT2D eigenvalue weighted by Gasteiger charge is 2.13. The van der Waals surface area contributed by atoms with Crippen molar-refractivity contribution in [3.05, 3.63) is 29.8 Å². The van der Waals surface area contributed by atoms with Crippen molar-refractivity contribution in [1.29, 1.82) is 0 Å². The average molecular weight is 235 g/mol.